The van der Waals surface area contributed by atoms with Gasteiger partial charge >= 0.3 is 0 Å². The quantitative estimate of drug-likeness (QED) is 0.921. The zero-order chi connectivity index (χ0) is 12.5. The second kappa shape index (κ2) is 5.31. The highest BCUT2D eigenvalue weighted by Gasteiger charge is 2.35. The van der Waals surface area contributed by atoms with Gasteiger partial charge in [0.05, 0.1) is 8.66 Å². The Morgan fingerprint density at radius 3 is 2.83 bits per heavy atom. The smallest absolute Gasteiger partial charge is 0.264 e. The van der Waals surface area contributed by atoms with E-state index in [1.807, 2.05) is 12.1 Å². The van der Waals surface area contributed by atoms with Gasteiger partial charge in [-0.05, 0) is 60.3 Å². The fourth-order valence-corrected chi connectivity index (χ4v) is 3.85. The van der Waals surface area contributed by atoms with E-state index in [1.165, 1.54) is 37.0 Å². The molecular weight excluding hydrogens is 312 g/mol. The summed E-state index contributed by atoms with van der Waals surface area (Å²) < 4.78 is 1.03. The Bertz CT molecular complexity index is 438. The summed E-state index contributed by atoms with van der Waals surface area (Å²) in [6, 6.07) is 4.87. The summed E-state index contributed by atoms with van der Waals surface area (Å²) >= 11 is 4.96. The summed E-state index contributed by atoms with van der Waals surface area (Å²) in [5.74, 6) is 0.210. The summed E-state index contributed by atoms with van der Waals surface area (Å²) in [5, 5.41) is 3.48. The number of thiophene rings is 1. The molecule has 0 radical (unpaired) electrons. The van der Waals surface area contributed by atoms with Crippen LogP contribution in [0.3, 0.4) is 0 Å². The van der Waals surface area contributed by atoms with Gasteiger partial charge in [0.1, 0.15) is 0 Å². The third kappa shape index (κ3) is 2.78. The number of carbonyl (C=O) groups excluding carboxylic acids is 1. The zero-order valence-corrected chi connectivity index (χ0v) is 12.6. The van der Waals surface area contributed by atoms with Gasteiger partial charge in [-0.25, -0.2) is 0 Å². The molecule has 18 heavy (non-hydrogen) atoms. The second-order valence-corrected chi connectivity index (χ2v) is 7.55. The van der Waals surface area contributed by atoms with Gasteiger partial charge in [-0.1, -0.05) is 0 Å². The van der Waals surface area contributed by atoms with Crippen molar-refractivity contribution in [2.45, 2.75) is 37.8 Å². The lowest BCUT2D eigenvalue weighted by Gasteiger charge is -2.25. The third-order valence-corrected chi connectivity index (χ3v) is 5.22. The van der Waals surface area contributed by atoms with Gasteiger partial charge < -0.3 is 10.2 Å². The van der Waals surface area contributed by atoms with Crippen LogP contribution in [0.2, 0.25) is 0 Å². The van der Waals surface area contributed by atoms with E-state index in [0.29, 0.717) is 12.1 Å². The molecule has 1 aromatic heterocycles. The molecule has 0 aromatic carbocycles. The molecule has 0 spiro atoms. The number of hydrogen-bond acceptors (Lipinski definition) is 3. The average Bonchev–Trinajstić information content (AvgIpc) is 2.88. The molecule has 5 heteroatoms. The van der Waals surface area contributed by atoms with Crippen molar-refractivity contribution in [2.24, 2.45) is 0 Å². The molecule has 1 amide bonds. The molecular formula is C13H17BrN2OS. The van der Waals surface area contributed by atoms with Crippen molar-refractivity contribution in [3.8, 4) is 0 Å². The Hall–Kier alpha value is -0.390. The monoisotopic (exact) mass is 328 g/mol. The lowest BCUT2D eigenvalue weighted by molar-refractivity contribution is 0.0733. The second-order valence-electron chi connectivity index (χ2n) is 5.09. The average molecular weight is 329 g/mol. The summed E-state index contributed by atoms with van der Waals surface area (Å²) in [6.07, 6.45) is 4.78. The van der Waals surface area contributed by atoms with Crippen LogP contribution in [0.4, 0.5) is 0 Å². The fourth-order valence-electron chi connectivity index (χ4n) is 2.50. The van der Waals surface area contributed by atoms with Crippen LogP contribution in [0.5, 0.6) is 0 Å². The summed E-state index contributed by atoms with van der Waals surface area (Å²) in [5.41, 5.74) is 0. The van der Waals surface area contributed by atoms with Gasteiger partial charge in [-0.15, -0.1) is 11.3 Å². The van der Waals surface area contributed by atoms with Crippen molar-refractivity contribution in [1.29, 1.82) is 0 Å². The standard InChI is InChI=1S/C13H17BrN2OS/c14-12-6-5-11(18-12)13(17)16(10-3-4-10)8-9-2-1-7-15-9/h5-6,9-10,15H,1-4,7-8H2. The van der Waals surface area contributed by atoms with Crippen LogP contribution in [0.1, 0.15) is 35.4 Å². The number of amides is 1. The largest absolute Gasteiger partial charge is 0.333 e. The molecule has 1 saturated heterocycles. The lowest BCUT2D eigenvalue weighted by atomic mass is 10.2. The van der Waals surface area contributed by atoms with Gasteiger partial charge in [0.2, 0.25) is 0 Å². The maximum absolute atomic E-state index is 12.5. The topological polar surface area (TPSA) is 32.3 Å². The molecule has 1 N–H and O–H groups in total. The minimum absolute atomic E-state index is 0.210. The van der Waals surface area contributed by atoms with Gasteiger partial charge in [-0.2, -0.15) is 0 Å². The molecule has 1 saturated carbocycles. The Labute approximate surface area is 120 Å². The summed E-state index contributed by atoms with van der Waals surface area (Å²) in [7, 11) is 0. The molecule has 0 bridgehead atoms. The van der Waals surface area contributed by atoms with Gasteiger partial charge in [0, 0.05) is 18.6 Å². The van der Waals surface area contributed by atoms with Crippen molar-refractivity contribution >= 4 is 33.2 Å². The molecule has 3 nitrogen and oxygen atoms in total. The first-order valence-electron chi connectivity index (χ1n) is 6.54. The van der Waals surface area contributed by atoms with Crippen molar-refractivity contribution in [3.05, 3.63) is 20.8 Å². The molecule has 1 aromatic rings. The zero-order valence-electron chi connectivity index (χ0n) is 10.2. The number of halogens is 1. The Kier molecular flexibility index (Phi) is 3.73. The van der Waals surface area contributed by atoms with Gasteiger partial charge in [0.25, 0.3) is 5.91 Å². The van der Waals surface area contributed by atoms with Crippen LogP contribution >= 0.6 is 27.3 Å². The van der Waals surface area contributed by atoms with Crippen molar-refractivity contribution < 1.29 is 4.79 Å². The van der Waals surface area contributed by atoms with Gasteiger partial charge in [0.15, 0.2) is 0 Å². The van der Waals surface area contributed by atoms with Crippen molar-refractivity contribution in [2.75, 3.05) is 13.1 Å². The minimum atomic E-state index is 0.210. The molecule has 1 aliphatic heterocycles. The maximum Gasteiger partial charge on any atom is 0.264 e. The van der Waals surface area contributed by atoms with Crippen LogP contribution in [-0.4, -0.2) is 36.0 Å². The summed E-state index contributed by atoms with van der Waals surface area (Å²) in [6.45, 7) is 1.97. The number of rotatable bonds is 4. The molecule has 2 fully saturated rings. The van der Waals surface area contributed by atoms with Crippen LogP contribution in [-0.2, 0) is 0 Å². The lowest BCUT2D eigenvalue weighted by Crippen LogP contribution is -2.42. The van der Waals surface area contributed by atoms with Crippen molar-refractivity contribution in [1.82, 2.24) is 10.2 Å². The van der Waals surface area contributed by atoms with E-state index in [1.54, 1.807) is 0 Å². The van der Waals surface area contributed by atoms with Crippen molar-refractivity contribution in [3.63, 3.8) is 0 Å². The van der Waals surface area contributed by atoms with Crippen LogP contribution < -0.4 is 5.32 Å². The first-order chi connectivity index (χ1) is 8.74. The van der Waals surface area contributed by atoms with E-state index in [9.17, 15) is 4.79 Å². The van der Waals surface area contributed by atoms with E-state index in [0.717, 1.165) is 21.8 Å². The number of hydrogen-bond donors (Lipinski definition) is 1. The Morgan fingerprint density at radius 2 is 2.28 bits per heavy atom. The van der Waals surface area contributed by atoms with Crippen LogP contribution in [0.25, 0.3) is 0 Å². The molecule has 2 heterocycles. The predicted octanol–water partition coefficient (Wildman–Crippen LogP) is 2.87. The Balaban J connectivity index is 1.70. The minimum Gasteiger partial charge on any atom is -0.333 e. The molecule has 1 unspecified atom stereocenters. The molecule has 98 valence electrons. The highest BCUT2D eigenvalue weighted by atomic mass is 79.9. The number of carbonyl (C=O) groups is 1. The third-order valence-electron chi connectivity index (χ3n) is 3.61. The maximum atomic E-state index is 12.5. The molecule has 1 atom stereocenters. The number of nitrogens with zero attached hydrogens (tertiary/aromatic N) is 1. The SMILES string of the molecule is O=C(c1ccc(Br)s1)N(CC1CCCN1)C1CC1. The first-order valence-corrected chi connectivity index (χ1v) is 8.14. The predicted molar refractivity (Wildman–Crippen MR) is 77.1 cm³/mol. The van der Waals surface area contributed by atoms with E-state index in [-0.39, 0.29) is 5.91 Å². The summed E-state index contributed by atoms with van der Waals surface area (Å²) in [4.78, 5) is 15.5. The van der Waals surface area contributed by atoms with Gasteiger partial charge in [-0.3, -0.25) is 4.79 Å². The van der Waals surface area contributed by atoms with Crippen LogP contribution in [0, 0.1) is 0 Å². The highest BCUT2D eigenvalue weighted by molar-refractivity contribution is 9.11. The number of nitrogens with one attached hydrogen (secondary N) is 1. The Morgan fingerprint density at radius 1 is 1.44 bits per heavy atom. The highest BCUT2D eigenvalue weighted by Crippen LogP contribution is 2.31. The van der Waals surface area contributed by atoms with E-state index in [4.69, 9.17) is 0 Å². The van der Waals surface area contributed by atoms with E-state index in [2.05, 4.69) is 26.1 Å². The molecule has 3 rings (SSSR count). The van der Waals surface area contributed by atoms with E-state index >= 15 is 0 Å². The first kappa shape index (κ1) is 12.6. The van der Waals surface area contributed by atoms with E-state index < -0.39 is 0 Å². The fraction of sp³-hybridized carbons (Fsp3) is 0.615. The molecule has 2 aliphatic rings. The molecule has 1 aliphatic carbocycles. The normalized spacial score (nSPS) is 23.3. The van der Waals surface area contributed by atoms with Crippen LogP contribution in [0.15, 0.2) is 15.9 Å².